The minimum atomic E-state index is 0.00106. The van der Waals surface area contributed by atoms with Crippen LogP contribution in [0, 0.1) is 12.8 Å². The molecule has 4 rings (SSSR count). The Kier molecular flexibility index (Phi) is 3.38. The van der Waals surface area contributed by atoms with Crippen LogP contribution in [-0.2, 0) is 4.79 Å². The van der Waals surface area contributed by atoms with Gasteiger partial charge in [-0.05, 0) is 43.3 Å². The molecule has 2 aliphatic rings. The van der Waals surface area contributed by atoms with Crippen molar-refractivity contribution in [2.24, 2.45) is 11.0 Å². The predicted octanol–water partition coefficient (Wildman–Crippen LogP) is 3.56. The summed E-state index contributed by atoms with van der Waals surface area (Å²) in [5.74, 6) is 1.25. The van der Waals surface area contributed by atoms with Crippen molar-refractivity contribution in [2.45, 2.75) is 18.2 Å². The standard InChI is InChI=1S/C18H16N2O2S/c1-11-2-7-16-15(8-11)18-12(10-23-16)9-17(22)20(19-18)13-3-5-14(21)6-4-13/h2-8,12,21H,9-10H2,1H3. The van der Waals surface area contributed by atoms with Crippen molar-refractivity contribution in [3.05, 3.63) is 53.6 Å². The number of phenols is 1. The average Bonchev–Trinajstić information content (AvgIpc) is 2.55. The Balaban J connectivity index is 1.81. The average molecular weight is 324 g/mol. The number of rotatable bonds is 1. The number of aromatic hydroxyl groups is 1. The summed E-state index contributed by atoms with van der Waals surface area (Å²) < 4.78 is 0. The summed E-state index contributed by atoms with van der Waals surface area (Å²) in [5, 5.41) is 15.6. The van der Waals surface area contributed by atoms with E-state index in [-0.39, 0.29) is 17.6 Å². The molecule has 2 heterocycles. The first kappa shape index (κ1) is 14.3. The number of thioether (sulfide) groups is 1. The van der Waals surface area contributed by atoms with E-state index in [1.54, 1.807) is 36.0 Å². The zero-order valence-electron chi connectivity index (χ0n) is 12.7. The van der Waals surface area contributed by atoms with Gasteiger partial charge in [-0.3, -0.25) is 4.79 Å². The molecule has 2 aromatic carbocycles. The minimum Gasteiger partial charge on any atom is -0.508 e. The van der Waals surface area contributed by atoms with E-state index in [2.05, 4.69) is 30.2 Å². The molecule has 0 saturated heterocycles. The smallest absolute Gasteiger partial charge is 0.248 e. The number of nitrogens with zero attached hydrogens (tertiary/aromatic N) is 2. The summed E-state index contributed by atoms with van der Waals surface area (Å²) in [7, 11) is 0. The number of fused-ring (bicyclic) bond motifs is 3. The van der Waals surface area contributed by atoms with Gasteiger partial charge < -0.3 is 5.11 Å². The lowest BCUT2D eigenvalue weighted by molar-refractivity contribution is -0.119. The van der Waals surface area contributed by atoms with Gasteiger partial charge in [-0.15, -0.1) is 11.8 Å². The molecule has 1 amide bonds. The van der Waals surface area contributed by atoms with Crippen molar-refractivity contribution in [3.63, 3.8) is 0 Å². The molecule has 1 unspecified atom stereocenters. The highest BCUT2D eigenvalue weighted by Crippen LogP contribution is 2.38. The maximum absolute atomic E-state index is 12.5. The normalized spacial score (nSPS) is 19.9. The van der Waals surface area contributed by atoms with Gasteiger partial charge in [-0.1, -0.05) is 11.6 Å². The molecule has 0 radical (unpaired) electrons. The van der Waals surface area contributed by atoms with Gasteiger partial charge in [0.15, 0.2) is 0 Å². The number of hydrogen-bond donors (Lipinski definition) is 1. The van der Waals surface area contributed by atoms with Gasteiger partial charge >= 0.3 is 0 Å². The Bertz CT molecular complexity index is 814. The zero-order chi connectivity index (χ0) is 16.0. The largest absolute Gasteiger partial charge is 0.508 e. The number of aryl methyl sites for hydroxylation is 1. The fourth-order valence-electron chi connectivity index (χ4n) is 3.01. The summed E-state index contributed by atoms with van der Waals surface area (Å²) in [6, 6.07) is 13.0. The Hall–Kier alpha value is -2.27. The molecular weight excluding hydrogens is 308 g/mol. The lowest BCUT2D eigenvalue weighted by atomic mass is 9.92. The lowest BCUT2D eigenvalue weighted by Gasteiger charge is -2.33. The number of hydrazone groups is 1. The van der Waals surface area contributed by atoms with Crippen molar-refractivity contribution in [2.75, 3.05) is 10.8 Å². The summed E-state index contributed by atoms with van der Waals surface area (Å²) in [6.07, 6.45) is 0.472. The molecule has 2 aliphatic heterocycles. The molecule has 2 aromatic rings. The number of hydrogen-bond acceptors (Lipinski definition) is 4. The highest BCUT2D eigenvalue weighted by molar-refractivity contribution is 7.99. The third-order valence-corrected chi connectivity index (χ3v) is 5.43. The van der Waals surface area contributed by atoms with Crippen LogP contribution in [0.25, 0.3) is 0 Å². The van der Waals surface area contributed by atoms with Gasteiger partial charge in [-0.25, -0.2) is 5.01 Å². The quantitative estimate of drug-likeness (QED) is 0.872. The minimum absolute atomic E-state index is 0.00106. The first-order valence-corrected chi connectivity index (χ1v) is 8.55. The molecule has 23 heavy (non-hydrogen) atoms. The Labute approximate surface area is 138 Å². The molecule has 0 spiro atoms. The number of phenolic OH excluding ortho intramolecular Hbond substituents is 1. The molecule has 4 nitrogen and oxygen atoms in total. The summed E-state index contributed by atoms with van der Waals surface area (Å²) in [4.78, 5) is 13.7. The predicted molar refractivity (Wildman–Crippen MR) is 92.1 cm³/mol. The van der Waals surface area contributed by atoms with Gasteiger partial charge in [0.2, 0.25) is 5.91 Å². The van der Waals surface area contributed by atoms with E-state index >= 15 is 0 Å². The first-order chi connectivity index (χ1) is 11.1. The fraction of sp³-hybridized carbons (Fsp3) is 0.222. The fourth-order valence-corrected chi connectivity index (χ4v) is 4.15. The van der Waals surface area contributed by atoms with Crippen LogP contribution in [0.5, 0.6) is 5.75 Å². The summed E-state index contributed by atoms with van der Waals surface area (Å²) in [5.41, 5.74) is 4.02. The van der Waals surface area contributed by atoms with Crippen LogP contribution in [0.15, 0.2) is 52.5 Å². The van der Waals surface area contributed by atoms with Gasteiger partial charge in [0.1, 0.15) is 5.75 Å². The van der Waals surface area contributed by atoms with Gasteiger partial charge in [0.25, 0.3) is 0 Å². The summed E-state index contributed by atoms with van der Waals surface area (Å²) >= 11 is 1.80. The molecule has 116 valence electrons. The number of anilines is 1. The maximum atomic E-state index is 12.5. The van der Waals surface area contributed by atoms with E-state index < -0.39 is 0 Å². The van der Waals surface area contributed by atoms with Crippen molar-refractivity contribution in [3.8, 4) is 5.75 Å². The molecule has 5 heteroatoms. The molecule has 1 atom stereocenters. The molecule has 0 fully saturated rings. The topological polar surface area (TPSA) is 52.9 Å². The number of benzene rings is 2. The Morgan fingerprint density at radius 2 is 2.00 bits per heavy atom. The van der Waals surface area contributed by atoms with Gasteiger partial charge in [0.05, 0.1) is 11.4 Å². The molecule has 0 aliphatic carbocycles. The van der Waals surface area contributed by atoms with Gasteiger partial charge in [0, 0.05) is 28.6 Å². The molecule has 0 saturated carbocycles. The number of carbonyl (C=O) groups excluding carboxylic acids is 1. The van der Waals surface area contributed by atoms with Crippen LogP contribution >= 0.6 is 11.8 Å². The highest BCUT2D eigenvalue weighted by Gasteiger charge is 2.34. The van der Waals surface area contributed by atoms with E-state index in [0.717, 1.165) is 17.0 Å². The van der Waals surface area contributed by atoms with Crippen LogP contribution < -0.4 is 5.01 Å². The van der Waals surface area contributed by atoms with Crippen LogP contribution in [0.1, 0.15) is 17.5 Å². The van der Waals surface area contributed by atoms with Crippen molar-refractivity contribution in [1.29, 1.82) is 0 Å². The zero-order valence-corrected chi connectivity index (χ0v) is 13.5. The van der Waals surface area contributed by atoms with Crippen LogP contribution in [0.2, 0.25) is 0 Å². The second kappa shape index (κ2) is 5.42. The molecule has 0 aromatic heterocycles. The maximum Gasteiger partial charge on any atom is 0.248 e. The third-order valence-electron chi connectivity index (χ3n) is 4.20. The van der Waals surface area contributed by atoms with Crippen molar-refractivity contribution >= 4 is 29.1 Å². The monoisotopic (exact) mass is 324 g/mol. The van der Waals surface area contributed by atoms with Gasteiger partial charge in [-0.2, -0.15) is 5.10 Å². The first-order valence-electron chi connectivity index (χ1n) is 7.56. The van der Waals surface area contributed by atoms with Crippen LogP contribution in [0.3, 0.4) is 0 Å². The number of carbonyl (C=O) groups is 1. The van der Waals surface area contributed by atoms with E-state index in [4.69, 9.17) is 0 Å². The third kappa shape index (κ3) is 2.51. The van der Waals surface area contributed by atoms with E-state index in [1.807, 2.05) is 0 Å². The highest BCUT2D eigenvalue weighted by atomic mass is 32.2. The number of amides is 1. The SMILES string of the molecule is Cc1ccc2c(c1)C1=NN(c3ccc(O)cc3)C(=O)CC1CS2. The van der Waals surface area contributed by atoms with E-state index in [0.29, 0.717) is 12.1 Å². The molecule has 0 bridgehead atoms. The second-order valence-corrected chi connectivity index (χ2v) is 6.98. The van der Waals surface area contributed by atoms with E-state index in [9.17, 15) is 9.90 Å². The van der Waals surface area contributed by atoms with Crippen LogP contribution in [-0.4, -0.2) is 22.5 Å². The Morgan fingerprint density at radius 1 is 1.22 bits per heavy atom. The van der Waals surface area contributed by atoms with Crippen LogP contribution in [0.4, 0.5) is 5.69 Å². The second-order valence-electron chi connectivity index (χ2n) is 5.92. The molecule has 1 N–H and O–H groups in total. The summed E-state index contributed by atoms with van der Waals surface area (Å²) in [6.45, 7) is 2.07. The molecular formula is C18H16N2O2S. The lowest BCUT2D eigenvalue weighted by Crippen LogP contribution is -2.39. The van der Waals surface area contributed by atoms with E-state index in [1.165, 1.54) is 15.5 Å². The van der Waals surface area contributed by atoms with Crippen molar-refractivity contribution < 1.29 is 9.90 Å². The Morgan fingerprint density at radius 3 is 2.78 bits per heavy atom. The van der Waals surface area contributed by atoms with Crippen molar-refractivity contribution in [1.82, 2.24) is 0 Å².